The Kier molecular flexibility index (Phi) is 2.74. The van der Waals surface area contributed by atoms with E-state index >= 15 is 0 Å². The normalized spacial score (nSPS) is 11.1. The van der Waals surface area contributed by atoms with E-state index in [1.165, 1.54) is 17.3 Å². The second-order valence-electron chi connectivity index (χ2n) is 3.22. The highest BCUT2D eigenvalue weighted by Gasteiger charge is 1.98. The molecule has 0 aliphatic rings. The molecule has 0 saturated heterocycles. The van der Waals surface area contributed by atoms with E-state index in [1.807, 2.05) is 19.1 Å². The Hall–Kier alpha value is -2.48. The minimum atomic E-state index is 0.640. The van der Waals surface area contributed by atoms with Gasteiger partial charge in [0.25, 0.3) is 0 Å². The van der Waals surface area contributed by atoms with Crippen molar-refractivity contribution in [3.05, 3.63) is 48.0 Å². The summed E-state index contributed by atoms with van der Waals surface area (Å²) in [4.78, 5) is 0. The molecule has 1 aromatic heterocycles. The van der Waals surface area contributed by atoms with Gasteiger partial charge in [-0.05, 0) is 24.6 Å². The summed E-state index contributed by atoms with van der Waals surface area (Å²) in [6.45, 7) is 1.89. The van der Waals surface area contributed by atoms with Crippen LogP contribution >= 0.6 is 0 Å². The van der Waals surface area contributed by atoms with Crippen LogP contribution in [0.15, 0.2) is 42.0 Å². The van der Waals surface area contributed by atoms with Gasteiger partial charge in [-0.2, -0.15) is 10.4 Å². The largest absolute Gasteiger partial charge is 0.207 e. The first-order valence-corrected chi connectivity index (χ1v) is 4.70. The predicted octanol–water partition coefficient (Wildman–Crippen LogP) is 1.42. The minimum absolute atomic E-state index is 0.640. The molecule has 0 amide bonds. The number of hydrogen-bond donors (Lipinski definition) is 0. The van der Waals surface area contributed by atoms with Crippen molar-refractivity contribution in [3.63, 3.8) is 0 Å². The van der Waals surface area contributed by atoms with Crippen LogP contribution in [-0.4, -0.2) is 20.6 Å². The molecule has 0 saturated carbocycles. The van der Waals surface area contributed by atoms with Gasteiger partial charge >= 0.3 is 0 Å². The fourth-order valence-corrected chi connectivity index (χ4v) is 1.26. The lowest BCUT2D eigenvalue weighted by molar-refractivity contribution is 0.871. The number of benzene rings is 1. The molecule has 78 valence electrons. The summed E-state index contributed by atoms with van der Waals surface area (Å²) >= 11 is 0. The van der Waals surface area contributed by atoms with Crippen molar-refractivity contribution in [2.24, 2.45) is 5.10 Å². The molecule has 0 aliphatic heterocycles. The van der Waals surface area contributed by atoms with Crippen LogP contribution in [0.3, 0.4) is 0 Å². The quantitative estimate of drug-likeness (QED) is 0.705. The maximum atomic E-state index is 8.67. The molecular formula is C11H9N5. The summed E-state index contributed by atoms with van der Waals surface area (Å²) < 4.78 is 1.54. The summed E-state index contributed by atoms with van der Waals surface area (Å²) in [5.41, 5.74) is 2.44. The van der Waals surface area contributed by atoms with E-state index in [2.05, 4.69) is 21.4 Å². The lowest BCUT2D eigenvalue weighted by Gasteiger charge is -2.00. The van der Waals surface area contributed by atoms with Crippen molar-refractivity contribution in [2.45, 2.75) is 6.92 Å². The van der Waals surface area contributed by atoms with Crippen LogP contribution in [-0.2, 0) is 0 Å². The Morgan fingerprint density at radius 1 is 1.25 bits per heavy atom. The van der Waals surface area contributed by atoms with Gasteiger partial charge < -0.3 is 0 Å². The summed E-state index contributed by atoms with van der Waals surface area (Å²) in [6, 6.07) is 9.33. The maximum absolute atomic E-state index is 8.67. The lowest BCUT2D eigenvalue weighted by Crippen LogP contribution is -1.98. The van der Waals surface area contributed by atoms with E-state index in [9.17, 15) is 0 Å². The number of rotatable bonds is 2. The molecule has 2 rings (SSSR count). The van der Waals surface area contributed by atoms with E-state index in [-0.39, 0.29) is 0 Å². The van der Waals surface area contributed by atoms with Gasteiger partial charge in [0, 0.05) is 0 Å². The summed E-state index contributed by atoms with van der Waals surface area (Å²) in [5.74, 6) is 0. The molecule has 0 atom stereocenters. The Bertz CT molecular complexity index is 531. The summed E-state index contributed by atoms with van der Waals surface area (Å²) in [7, 11) is 0. The Labute approximate surface area is 92.7 Å². The molecule has 0 radical (unpaired) electrons. The zero-order valence-corrected chi connectivity index (χ0v) is 8.70. The predicted molar refractivity (Wildman–Crippen MR) is 58.8 cm³/mol. The third-order valence-corrected chi connectivity index (χ3v) is 2.10. The fraction of sp³-hybridized carbons (Fsp3) is 0.0909. The van der Waals surface area contributed by atoms with Crippen LogP contribution in [0.25, 0.3) is 0 Å². The van der Waals surface area contributed by atoms with Crippen LogP contribution in [0.5, 0.6) is 0 Å². The SMILES string of the molecule is C/C(=N/n1cnnc1)c1ccc(C#N)cc1. The highest BCUT2D eigenvalue weighted by molar-refractivity contribution is 5.98. The van der Waals surface area contributed by atoms with Gasteiger partial charge in [-0.1, -0.05) is 12.1 Å². The molecule has 1 aromatic carbocycles. The van der Waals surface area contributed by atoms with Gasteiger partial charge in [-0.3, -0.25) is 0 Å². The Morgan fingerprint density at radius 2 is 1.88 bits per heavy atom. The van der Waals surface area contributed by atoms with Crippen LogP contribution in [0.2, 0.25) is 0 Å². The fourth-order valence-electron chi connectivity index (χ4n) is 1.26. The smallest absolute Gasteiger partial charge is 0.141 e. The Morgan fingerprint density at radius 3 is 2.44 bits per heavy atom. The highest BCUT2D eigenvalue weighted by Crippen LogP contribution is 2.05. The third kappa shape index (κ3) is 2.12. The minimum Gasteiger partial charge on any atom is -0.207 e. The molecule has 16 heavy (non-hydrogen) atoms. The van der Waals surface area contributed by atoms with E-state index < -0.39 is 0 Å². The van der Waals surface area contributed by atoms with E-state index in [0.29, 0.717) is 5.56 Å². The standard InChI is InChI=1S/C11H9N5/c1-9(15-16-7-13-14-8-16)11-4-2-10(6-12)3-5-11/h2-5,7-8H,1H3/b15-9-. The second-order valence-corrected chi connectivity index (χ2v) is 3.22. The van der Waals surface area contributed by atoms with Crippen molar-refractivity contribution >= 4 is 5.71 Å². The highest BCUT2D eigenvalue weighted by atomic mass is 15.4. The van der Waals surface area contributed by atoms with Gasteiger partial charge in [0.2, 0.25) is 0 Å². The molecule has 0 fully saturated rings. The molecule has 2 aromatic rings. The lowest BCUT2D eigenvalue weighted by atomic mass is 10.1. The zero-order chi connectivity index (χ0) is 11.4. The first kappa shape index (κ1) is 10.1. The molecule has 5 heteroatoms. The third-order valence-electron chi connectivity index (χ3n) is 2.10. The second kappa shape index (κ2) is 4.36. The molecule has 0 N–H and O–H groups in total. The van der Waals surface area contributed by atoms with E-state index in [1.54, 1.807) is 12.1 Å². The number of aromatic nitrogens is 3. The van der Waals surface area contributed by atoms with Crippen molar-refractivity contribution < 1.29 is 0 Å². The van der Waals surface area contributed by atoms with Crippen LogP contribution in [0.4, 0.5) is 0 Å². The topological polar surface area (TPSA) is 66.9 Å². The van der Waals surface area contributed by atoms with Gasteiger partial charge in [0.05, 0.1) is 17.3 Å². The zero-order valence-electron chi connectivity index (χ0n) is 8.70. The van der Waals surface area contributed by atoms with Crippen molar-refractivity contribution in [1.29, 1.82) is 5.26 Å². The van der Waals surface area contributed by atoms with Crippen molar-refractivity contribution in [1.82, 2.24) is 14.9 Å². The molecule has 0 spiro atoms. The number of hydrogen-bond acceptors (Lipinski definition) is 4. The Balaban J connectivity index is 2.27. The van der Waals surface area contributed by atoms with E-state index in [0.717, 1.165) is 11.3 Å². The van der Waals surface area contributed by atoms with Crippen molar-refractivity contribution in [2.75, 3.05) is 0 Å². The van der Waals surface area contributed by atoms with Crippen LogP contribution < -0.4 is 0 Å². The van der Waals surface area contributed by atoms with Crippen LogP contribution in [0, 0.1) is 11.3 Å². The van der Waals surface area contributed by atoms with E-state index in [4.69, 9.17) is 5.26 Å². The van der Waals surface area contributed by atoms with Gasteiger partial charge in [-0.25, -0.2) is 4.68 Å². The van der Waals surface area contributed by atoms with Crippen molar-refractivity contribution in [3.8, 4) is 6.07 Å². The maximum Gasteiger partial charge on any atom is 0.141 e. The molecule has 0 unspecified atom stereocenters. The molecule has 0 bridgehead atoms. The first-order chi connectivity index (χ1) is 7.79. The molecule has 0 aliphatic carbocycles. The summed E-state index contributed by atoms with van der Waals surface area (Å²) in [5, 5.41) is 20.3. The van der Waals surface area contributed by atoms with Gasteiger partial charge in [0.1, 0.15) is 12.7 Å². The monoisotopic (exact) mass is 211 g/mol. The molecule has 5 nitrogen and oxygen atoms in total. The average molecular weight is 211 g/mol. The number of nitriles is 1. The molecule has 1 heterocycles. The van der Waals surface area contributed by atoms with Crippen LogP contribution in [0.1, 0.15) is 18.1 Å². The number of nitrogens with zero attached hydrogens (tertiary/aromatic N) is 5. The van der Waals surface area contributed by atoms with Gasteiger partial charge in [-0.15, -0.1) is 10.2 Å². The summed E-state index contributed by atoms with van der Waals surface area (Å²) in [6.07, 6.45) is 3.04. The average Bonchev–Trinajstić information content (AvgIpc) is 2.82. The van der Waals surface area contributed by atoms with Gasteiger partial charge in [0.15, 0.2) is 0 Å². The first-order valence-electron chi connectivity index (χ1n) is 4.70. The molecular weight excluding hydrogens is 202 g/mol.